The highest BCUT2D eigenvalue weighted by molar-refractivity contribution is 6.30. The number of hydrogen-bond donors (Lipinski definition) is 1. The highest BCUT2D eigenvalue weighted by Gasteiger charge is 2.22. The number of H-pyrrole nitrogens is 1. The van der Waals surface area contributed by atoms with Crippen LogP contribution in [0.4, 0.5) is 0 Å². The Morgan fingerprint density at radius 3 is 2.70 bits per heavy atom. The molecule has 30 heavy (non-hydrogen) atoms. The van der Waals surface area contributed by atoms with Crippen molar-refractivity contribution in [2.24, 2.45) is 0 Å². The molecule has 1 aliphatic rings. The number of hydrogen-bond acceptors (Lipinski definition) is 5. The molecule has 2 aromatic carbocycles. The lowest BCUT2D eigenvalue weighted by Crippen LogP contribution is -2.13. The Kier molecular flexibility index (Phi) is 5.81. The number of carbonyl (C=O) groups is 1. The molecule has 1 aromatic heterocycles. The van der Waals surface area contributed by atoms with Crippen molar-refractivity contribution in [3.05, 3.63) is 75.2 Å². The minimum Gasteiger partial charge on any atom is -0.466 e. The van der Waals surface area contributed by atoms with Gasteiger partial charge in [0.1, 0.15) is 0 Å². The Labute approximate surface area is 178 Å². The fourth-order valence-corrected chi connectivity index (χ4v) is 3.62. The second kappa shape index (κ2) is 8.67. The number of nitrogens with zero attached hydrogens (tertiary/aromatic N) is 1. The van der Waals surface area contributed by atoms with Gasteiger partial charge in [-0.25, -0.2) is 4.68 Å². The van der Waals surface area contributed by atoms with E-state index in [0.29, 0.717) is 40.9 Å². The standard InChI is InChI=1S/C22H21ClN2O5/c1-2-28-22(27)11-15(14-3-8-19-20(10-14)30-13-29-19)9-17-12-21(26)25(24-17)18-6-4-16(23)5-7-18/h3-8,10,12,15,24H,2,9,11,13H2,1H3. The van der Waals surface area contributed by atoms with E-state index >= 15 is 0 Å². The van der Waals surface area contributed by atoms with Crippen LogP contribution in [0.1, 0.15) is 30.5 Å². The zero-order chi connectivity index (χ0) is 21.1. The van der Waals surface area contributed by atoms with Crippen molar-refractivity contribution in [2.45, 2.75) is 25.7 Å². The maximum atomic E-state index is 12.5. The Morgan fingerprint density at radius 1 is 1.17 bits per heavy atom. The highest BCUT2D eigenvalue weighted by atomic mass is 35.5. The van der Waals surface area contributed by atoms with E-state index in [1.807, 2.05) is 18.2 Å². The van der Waals surface area contributed by atoms with Crippen LogP contribution in [0.3, 0.4) is 0 Å². The zero-order valence-electron chi connectivity index (χ0n) is 16.4. The maximum Gasteiger partial charge on any atom is 0.306 e. The third-order valence-corrected chi connectivity index (χ3v) is 5.16. The van der Waals surface area contributed by atoms with Crippen molar-refractivity contribution in [3.8, 4) is 17.2 Å². The molecule has 1 unspecified atom stereocenters. The molecule has 7 nitrogen and oxygen atoms in total. The lowest BCUT2D eigenvalue weighted by Gasteiger charge is -2.16. The summed E-state index contributed by atoms with van der Waals surface area (Å²) in [6.45, 7) is 2.27. The summed E-state index contributed by atoms with van der Waals surface area (Å²) < 4.78 is 17.4. The number of benzene rings is 2. The van der Waals surface area contributed by atoms with Crippen molar-refractivity contribution >= 4 is 17.6 Å². The molecule has 0 fully saturated rings. The van der Waals surface area contributed by atoms with Gasteiger partial charge in [-0.1, -0.05) is 17.7 Å². The van der Waals surface area contributed by atoms with Crippen LogP contribution in [0.15, 0.2) is 53.3 Å². The molecular formula is C22H21ClN2O5. The van der Waals surface area contributed by atoms with Crippen molar-refractivity contribution in [1.82, 2.24) is 9.78 Å². The third kappa shape index (κ3) is 4.36. The van der Waals surface area contributed by atoms with E-state index in [2.05, 4.69) is 5.10 Å². The monoisotopic (exact) mass is 428 g/mol. The van der Waals surface area contributed by atoms with E-state index in [1.54, 1.807) is 37.3 Å². The number of rotatable bonds is 7. The van der Waals surface area contributed by atoms with Gasteiger partial charge in [-0.2, -0.15) is 0 Å². The second-order valence-electron chi connectivity index (χ2n) is 6.95. The number of nitrogens with one attached hydrogen (secondary N) is 1. The van der Waals surface area contributed by atoms with Crippen molar-refractivity contribution in [1.29, 1.82) is 0 Å². The Balaban J connectivity index is 1.62. The molecule has 0 radical (unpaired) electrons. The molecule has 4 rings (SSSR count). The van der Waals surface area contributed by atoms with Crippen LogP contribution in [0.5, 0.6) is 11.5 Å². The molecule has 0 aliphatic carbocycles. The predicted molar refractivity (Wildman–Crippen MR) is 112 cm³/mol. The summed E-state index contributed by atoms with van der Waals surface area (Å²) in [4.78, 5) is 24.7. The van der Waals surface area contributed by atoms with Crippen LogP contribution >= 0.6 is 11.6 Å². The average molecular weight is 429 g/mol. The van der Waals surface area contributed by atoms with Gasteiger partial charge in [0.2, 0.25) is 6.79 Å². The Morgan fingerprint density at radius 2 is 1.93 bits per heavy atom. The first-order valence-electron chi connectivity index (χ1n) is 9.65. The molecular weight excluding hydrogens is 408 g/mol. The number of ether oxygens (including phenoxy) is 3. The van der Waals surface area contributed by atoms with Gasteiger partial charge in [0.05, 0.1) is 18.7 Å². The highest BCUT2D eigenvalue weighted by Crippen LogP contribution is 2.36. The van der Waals surface area contributed by atoms with Crippen molar-refractivity contribution < 1.29 is 19.0 Å². The minimum atomic E-state index is -0.292. The summed E-state index contributed by atoms with van der Waals surface area (Å²) in [7, 11) is 0. The summed E-state index contributed by atoms with van der Waals surface area (Å²) >= 11 is 5.93. The van der Waals surface area contributed by atoms with Crippen LogP contribution < -0.4 is 15.0 Å². The van der Waals surface area contributed by atoms with E-state index in [1.165, 1.54) is 4.68 Å². The zero-order valence-corrected chi connectivity index (χ0v) is 17.1. The second-order valence-corrected chi connectivity index (χ2v) is 7.39. The van der Waals surface area contributed by atoms with Gasteiger partial charge >= 0.3 is 5.97 Å². The van der Waals surface area contributed by atoms with E-state index in [0.717, 1.165) is 5.56 Å². The maximum absolute atomic E-state index is 12.5. The number of fused-ring (bicyclic) bond motifs is 1. The number of carbonyl (C=O) groups excluding carboxylic acids is 1. The van der Waals surface area contributed by atoms with Crippen LogP contribution in [0.25, 0.3) is 5.69 Å². The topological polar surface area (TPSA) is 82.6 Å². The smallest absolute Gasteiger partial charge is 0.306 e. The number of esters is 1. The molecule has 156 valence electrons. The van der Waals surface area contributed by atoms with E-state index < -0.39 is 0 Å². The van der Waals surface area contributed by atoms with Gasteiger partial charge in [0.15, 0.2) is 11.5 Å². The SMILES string of the molecule is CCOC(=O)CC(Cc1cc(=O)n(-c2ccc(Cl)cc2)[nH]1)c1ccc2c(c1)OCO2. The molecule has 1 aliphatic heterocycles. The lowest BCUT2D eigenvalue weighted by atomic mass is 9.91. The van der Waals surface area contributed by atoms with E-state index in [-0.39, 0.29) is 30.7 Å². The van der Waals surface area contributed by atoms with Gasteiger partial charge in [-0.3, -0.25) is 14.7 Å². The molecule has 0 bridgehead atoms. The molecule has 1 atom stereocenters. The first-order chi connectivity index (χ1) is 14.5. The molecule has 0 saturated heterocycles. The molecule has 0 saturated carbocycles. The van der Waals surface area contributed by atoms with E-state index in [9.17, 15) is 9.59 Å². The Bertz CT molecular complexity index is 1100. The quantitative estimate of drug-likeness (QED) is 0.578. The van der Waals surface area contributed by atoms with Gasteiger partial charge < -0.3 is 14.2 Å². The predicted octanol–water partition coefficient (Wildman–Crippen LogP) is 3.83. The summed E-state index contributed by atoms with van der Waals surface area (Å²) in [6.07, 6.45) is 0.635. The molecule has 8 heteroatoms. The molecule has 3 aromatic rings. The first kappa shape index (κ1) is 20.1. The third-order valence-electron chi connectivity index (χ3n) is 4.91. The van der Waals surface area contributed by atoms with Crippen LogP contribution in [0, 0.1) is 0 Å². The van der Waals surface area contributed by atoms with E-state index in [4.69, 9.17) is 25.8 Å². The largest absolute Gasteiger partial charge is 0.466 e. The number of aromatic amines is 1. The summed E-state index contributed by atoms with van der Waals surface area (Å²) in [5.74, 6) is 0.833. The summed E-state index contributed by atoms with van der Waals surface area (Å²) in [6, 6.07) is 14.1. The normalized spacial score (nSPS) is 13.3. The molecule has 2 heterocycles. The number of aromatic nitrogens is 2. The van der Waals surface area contributed by atoms with Gasteiger partial charge in [0.25, 0.3) is 5.56 Å². The van der Waals surface area contributed by atoms with Crippen molar-refractivity contribution in [3.63, 3.8) is 0 Å². The molecule has 0 spiro atoms. The number of halogens is 1. The first-order valence-corrected chi connectivity index (χ1v) is 10.0. The summed E-state index contributed by atoms with van der Waals surface area (Å²) in [5.41, 5.74) is 2.11. The Hall–Kier alpha value is -3.19. The average Bonchev–Trinajstić information content (AvgIpc) is 3.34. The van der Waals surface area contributed by atoms with Crippen LogP contribution in [-0.4, -0.2) is 29.1 Å². The minimum absolute atomic E-state index is 0.179. The van der Waals surface area contributed by atoms with Crippen molar-refractivity contribution in [2.75, 3.05) is 13.4 Å². The van der Waals surface area contributed by atoms with Gasteiger partial charge in [-0.05, 0) is 61.2 Å². The van der Waals surface area contributed by atoms with Gasteiger partial charge in [-0.15, -0.1) is 0 Å². The van der Waals surface area contributed by atoms with Gasteiger partial charge in [0, 0.05) is 16.8 Å². The lowest BCUT2D eigenvalue weighted by molar-refractivity contribution is -0.143. The fourth-order valence-electron chi connectivity index (χ4n) is 3.49. The fraction of sp³-hybridized carbons (Fsp3) is 0.273. The molecule has 1 N–H and O–H groups in total. The summed E-state index contributed by atoms with van der Waals surface area (Å²) in [5, 5.41) is 3.72. The van der Waals surface area contributed by atoms with Crippen LogP contribution in [-0.2, 0) is 16.0 Å². The molecule has 0 amide bonds. The van der Waals surface area contributed by atoms with Crippen LogP contribution in [0.2, 0.25) is 5.02 Å².